The largest absolute Gasteiger partial charge is 0.501 e. The lowest BCUT2D eigenvalue weighted by atomic mass is 9.75. The SMILES string of the molecule is CO/C(C)=C1\C(=O)N(C)CC12C=CC=CC2=O. The van der Waals surface area contributed by atoms with Crippen molar-refractivity contribution in [3.8, 4) is 0 Å². The summed E-state index contributed by atoms with van der Waals surface area (Å²) in [5.41, 5.74) is -0.408. The van der Waals surface area contributed by atoms with Crippen LogP contribution < -0.4 is 0 Å². The maximum atomic E-state index is 12.1. The van der Waals surface area contributed by atoms with Gasteiger partial charge in [0, 0.05) is 13.6 Å². The maximum absolute atomic E-state index is 12.1. The van der Waals surface area contributed by atoms with E-state index in [4.69, 9.17) is 4.74 Å². The molecule has 1 aliphatic heterocycles. The molecule has 0 aromatic heterocycles. The van der Waals surface area contributed by atoms with Crippen LogP contribution in [0.5, 0.6) is 0 Å². The molecular formula is C13H15NO3. The molecule has 4 nitrogen and oxygen atoms in total. The molecule has 2 aliphatic rings. The third-order valence-electron chi connectivity index (χ3n) is 3.33. The molecule has 1 amide bonds. The molecule has 0 saturated carbocycles. The van der Waals surface area contributed by atoms with Crippen LogP contribution >= 0.6 is 0 Å². The number of hydrogen-bond donors (Lipinski definition) is 0. The molecule has 2 rings (SSSR count). The fourth-order valence-corrected chi connectivity index (χ4v) is 2.40. The zero-order chi connectivity index (χ0) is 12.6. The molecule has 90 valence electrons. The highest BCUT2D eigenvalue weighted by molar-refractivity contribution is 6.12. The Morgan fingerprint density at radius 1 is 1.41 bits per heavy atom. The second-order valence-corrected chi connectivity index (χ2v) is 4.35. The summed E-state index contributed by atoms with van der Waals surface area (Å²) in [6.07, 6.45) is 6.79. The quantitative estimate of drug-likeness (QED) is 0.502. The van der Waals surface area contributed by atoms with Crippen molar-refractivity contribution in [3.05, 3.63) is 35.6 Å². The molecule has 1 heterocycles. The van der Waals surface area contributed by atoms with E-state index in [1.54, 1.807) is 37.1 Å². The highest BCUT2D eigenvalue weighted by atomic mass is 16.5. The van der Waals surface area contributed by atoms with Gasteiger partial charge in [-0.25, -0.2) is 0 Å². The van der Waals surface area contributed by atoms with Crippen molar-refractivity contribution in [2.24, 2.45) is 5.41 Å². The molecule has 4 heteroatoms. The molecule has 1 unspecified atom stereocenters. The number of likely N-dealkylation sites (N-methyl/N-ethyl adjacent to an activating group) is 1. The third-order valence-corrected chi connectivity index (χ3v) is 3.33. The first-order chi connectivity index (χ1) is 8.03. The molecule has 1 spiro atoms. The monoisotopic (exact) mass is 233 g/mol. The van der Waals surface area contributed by atoms with Crippen molar-refractivity contribution in [2.45, 2.75) is 6.92 Å². The normalized spacial score (nSPS) is 30.4. The Labute approximate surface area is 100 Å². The lowest BCUT2D eigenvalue weighted by Crippen LogP contribution is -2.33. The van der Waals surface area contributed by atoms with Crippen LogP contribution in [0, 0.1) is 5.41 Å². The minimum Gasteiger partial charge on any atom is -0.501 e. The molecule has 0 aromatic carbocycles. The molecule has 0 radical (unpaired) electrons. The summed E-state index contributed by atoms with van der Waals surface area (Å²) in [6, 6.07) is 0. The van der Waals surface area contributed by atoms with E-state index in [1.165, 1.54) is 13.2 Å². The molecule has 1 atom stereocenters. The smallest absolute Gasteiger partial charge is 0.254 e. The second kappa shape index (κ2) is 3.87. The zero-order valence-electron chi connectivity index (χ0n) is 10.2. The minimum atomic E-state index is -0.860. The number of allylic oxidation sites excluding steroid dienone is 4. The van der Waals surface area contributed by atoms with Crippen molar-refractivity contribution in [2.75, 3.05) is 20.7 Å². The van der Waals surface area contributed by atoms with E-state index < -0.39 is 5.41 Å². The predicted octanol–water partition coefficient (Wildman–Crippen LogP) is 1.06. The van der Waals surface area contributed by atoms with Gasteiger partial charge in [0.25, 0.3) is 5.91 Å². The first-order valence-electron chi connectivity index (χ1n) is 5.44. The van der Waals surface area contributed by atoms with Gasteiger partial charge in [-0.1, -0.05) is 18.2 Å². The van der Waals surface area contributed by atoms with Gasteiger partial charge in [-0.05, 0) is 13.0 Å². The highest BCUT2D eigenvalue weighted by Gasteiger charge is 2.51. The van der Waals surface area contributed by atoms with Gasteiger partial charge in [0.2, 0.25) is 0 Å². The summed E-state index contributed by atoms with van der Waals surface area (Å²) in [4.78, 5) is 25.8. The molecule has 1 aliphatic carbocycles. The topological polar surface area (TPSA) is 46.6 Å². The lowest BCUT2D eigenvalue weighted by molar-refractivity contribution is -0.124. The zero-order valence-corrected chi connectivity index (χ0v) is 10.2. The Hall–Kier alpha value is -1.84. The summed E-state index contributed by atoms with van der Waals surface area (Å²) in [5.74, 6) is 0.300. The van der Waals surface area contributed by atoms with Gasteiger partial charge in [-0.15, -0.1) is 0 Å². The summed E-state index contributed by atoms with van der Waals surface area (Å²) >= 11 is 0. The summed E-state index contributed by atoms with van der Waals surface area (Å²) in [6.45, 7) is 2.09. The van der Waals surface area contributed by atoms with Crippen LogP contribution in [-0.4, -0.2) is 37.3 Å². The van der Waals surface area contributed by atoms with Crippen molar-refractivity contribution in [1.82, 2.24) is 4.90 Å². The van der Waals surface area contributed by atoms with Gasteiger partial charge in [-0.3, -0.25) is 9.59 Å². The van der Waals surface area contributed by atoms with Gasteiger partial charge >= 0.3 is 0 Å². The summed E-state index contributed by atoms with van der Waals surface area (Å²) in [5, 5.41) is 0. The van der Waals surface area contributed by atoms with Crippen LogP contribution in [0.2, 0.25) is 0 Å². The van der Waals surface area contributed by atoms with Crippen LogP contribution in [0.4, 0.5) is 0 Å². The van der Waals surface area contributed by atoms with E-state index in [0.717, 1.165) is 0 Å². The number of ether oxygens (including phenoxy) is 1. The first-order valence-corrected chi connectivity index (χ1v) is 5.44. The van der Waals surface area contributed by atoms with Crippen LogP contribution in [0.3, 0.4) is 0 Å². The van der Waals surface area contributed by atoms with Crippen LogP contribution in [0.25, 0.3) is 0 Å². The fraction of sp³-hybridized carbons (Fsp3) is 0.385. The molecular weight excluding hydrogens is 218 g/mol. The number of nitrogens with zero attached hydrogens (tertiary/aromatic N) is 1. The molecule has 17 heavy (non-hydrogen) atoms. The van der Waals surface area contributed by atoms with E-state index >= 15 is 0 Å². The lowest BCUT2D eigenvalue weighted by Gasteiger charge is -2.25. The summed E-state index contributed by atoms with van der Waals surface area (Å²) < 4.78 is 5.15. The Bertz CT molecular complexity index is 471. The molecule has 0 bridgehead atoms. The minimum absolute atomic E-state index is 0.0656. The Balaban J connectivity index is 2.61. The number of carbonyl (C=O) groups is 2. The van der Waals surface area contributed by atoms with Gasteiger partial charge in [0.05, 0.1) is 12.7 Å². The van der Waals surface area contributed by atoms with Crippen molar-refractivity contribution in [3.63, 3.8) is 0 Å². The highest BCUT2D eigenvalue weighted by Crippen LogP contribution is 2.41. The van der Waals surface area contributed by atoms with Crippen molar-refractivity contribution < 1.29 is 14.3 Å². The van der Waals surface area contributed by atoms with E-state index in [-0.39, 0.29) is 11.7 Å². The van der Waals surface area contributed by atoms with Crippen LogP contribution in [0.15, 0.2) is 35.6 Å². The number of methoxy groups -OCH3 is 1. The summed E-state index contributed by atoms with van der Waals surface area (Å²) in [7, 11) is 3.20. The molecule has 1 fully saturated rings. The van der Waals surface area contributed by atoms with Crippen LogP contribution in [-0.2, 0) is 14.3 Å². The average molecular weight is 233 g/mol. The van der Waals surface area contributed by atoms with E-state index in [9.17, 15) is 9.59 Å². The maximum Gasteiger partial charge on any atom is 0.254 e. The van der Waals surface area contributed by atoms with E-state index in [1.807, 2.05) is 0 Å². The van der Waals surface area contributed by atoms with Gasteiger partial charge in [0.1, 0.15) is 11.2 Å². The Morgan fingerprint density at radius 2 is 2.12 bits per heavy atom. The fourth-order valence-electron chi connectivity index (χ4n) is 2.40. The average Bonchev–Trinajstić information content (AvgIpc) is 2.56. The van der Waals surface area contributed by atoms with Gasteiger partial charge in [0.15, 0.2) is 5.78 Å². The Morgan fingerprint density at radius 3 is 2.71 bits per heavy atom. The van der Waals surface area contributed by atoms with Gasteiger partial charge in [-0.2, -0.15) is 0 Å². The number of carbonyl (C=O) groups excluding carboxylic acids is 2. The number of likely N-dealkylation sites (tertiary alicyclic amines) is 1. The third kappa shape index (κ3) is 1.52. The number of ketones is 1. The molecule has 0 N–H and O–H groups in total. The first kappa shape index (κ1) is 11.6. The van der Waals surface area contributed by atoms with Crippen molar-refractivity contribution >= 4 is 11.7 Å². The van der Waals surface area contributed by atoms with Crippen molar-refractivity contribution in [1.29, 1.82) is 0 Å². The van der Waals surface area contributed by atoms with E-state index in [2.05, 4.69) is 0 Å². The van der Waals surface area contributed by atoms with Crippen LogP contribution in [0.1, 0.15) is 6.92 Å². The standard InChI is InChI=1S/C13H15NO3/c1-9(17-3)11-12(16)14(2)8-13(11)7-5-4-6-10(13)15/h4-7H,8H2,1-3H3/b11-9+. The predicted molar refractivity (Wildman–Crippen MR) is 63.1 cm³/mol. The number of rotatable bonds is 1. The van der Waals surface area contributed by atoms with Gasteiger partial charge < -0.3 is 9.64 Å². The molecule has 1 saturated heterocycles. The second-order valence-electron chi connectivity index (χ2n) is 4.35. The Kier molecular flexibility index (Phi) is 2.65. The number of amides is 1. The van der Waals surface area contributed by atoms with E-state index in [0.29, 0.717) is 17.9 Å². The number of hydrogen-bond acceptors (Lipinski definition) is 3. The molecule has 0 aromatic rings.